The summed E-state index contributed by atoms with van der Waals surface area (Å²) in [5.41, 5.74) is 0. The molecule has 0 aromatic rings. The molecule has 0 N–H and O–H groups in total. The van der Waals surface area contributed by atoms with Gasteiger partial charge in [0.2, 0.25) is 0 Å². The molecule has 0 aromatic heterocycles. The number of unbranched alkanes of at least 4 members (excludes halogenated alkanes) is 35. The average Bonchev–Trinajstić information content (AvgIpc) is 3.38. The minimum atomic E-state index is -0.547. The summed E-state index contributed by atoms with van der Waals surface area (Å²) < 4.78 is 17.5. The van der Waals surface area contributed by atoms with E-state index in [1.165, 1.54) is 218 Å². The van der Waals surface area contributed by atoms with Gasteiger partial charge >= 0.3 is 11.9 Å². The number of hydrogen-bond acceptors (Lipinski definition) is 5. The third-order valence-electron chi connectivity index (χ3n) is 13.7. The predicted molar refractivity (Wildman–Crippen MR) is 316 cm³/mol. The first-order valence-electron chi connectivity index (χ1n) is 31.5. The van der Waals surface area contributed by atoms with Gasteiger partial charge in [0.25, 0.3) is 0 Å². The number of rotatable bonds is 58. The lowest BCUT2D eigenvalue weighted by molar-refractivity contribution is -0.163. The molecule has 5 nitrogen and oxygen atoms in total. The molecule has 0 aliphatic carbocycles. The molecule has 0 bridgehead atoms. The van der Waals surface area contributed by atoms with Crippen molar-refractivity contribution < 1.29 is 23.8 Å². The lowest BCUT2D eigenvalue weighted by Gasteiger charge is -2.18. The molecule has 0 saturated heterocycles. The summed E-state index contributed by atoms with van der Waals surface area (Å²) >= 11 is 0. The molecule has 5 heteroatoms. The molecule has 0 aromatic carbocycles. The molecule has 0 spiro atoms. The molecular weight excluding hydrogens is 885 g/mol. The Hall–Kier alpha value is -2.66. The zero-order chi connectivity index (χ0) is 52.0. The maximum absolute atomic E-state index is 12.9. The largest absolute Gasteiger partial charge is 0.462 e. The van der Waals surface area contributed by atoms with Crippen LogP contribution < -0.4 is 0 Å². The minimum Gasteiger partial charge on any atom is -0.462 e. The summed E-state index contributed by atoms with van der Waals surface area (Å²) in [5, 5.41) is 0. The van der Waals surface area contributed by atoms with Gasteiger partial charge in [-0.2, -0.15) is 0 Å². The number of esters is 2. The van der Waals surface area contributed by atoms with E-state index in [9.17, 15) is 9.59 Å². The Morgan fingerprint density at radius 2 is 0.583 bits per heavy atom. The molecule has 0 aliphatic rings. The number of carbonyl (C=O) groups is 2. The Bertz CT molecular complexity index is 1270. The molecule has 0 saturated carbocycles. The molecule has 0 fully saturated rings. The van der Waals surface area contributed by atoms with Crippen LogP contribution in [0.2, 0.25) is 0 Å². The first-order chi connectivity index (χ1) is 35.6. The highest BCUT2D eigenvalue weighted by Gasteiger charge is 2.17. The molecule has 1 atom stereocenters. The molecule has 0 aliphatic heterocycles. The Labute approximate surface area is 448 Å². The quantitative estimate of drug-likeness (QED) is 0.0345. The van der Waals surface area contributed by atoms with Crippen molar-refractivity contribution in [3.63, 3.8) is 0 Å². The van der Waals surface area contributed by atoms with Gasteiger partial charge in [0.05, 0.1) is 6.61 Å². The first kappa shape index (κ1) is 69.3. The Morgan fingerprint density at radius 1 is 0.306 bits per heavy atom. The highest BCUT2D eigenvalue weighted by atomic mass is 16.6. The zero-order valence-corrected chi connectivity index (χ0v) is 48.2. The highest BCUT2D eigenvalue weighted by molar-refractivity contribution is 5.70. The lowest BCUT2D eigenvalue weighted by atomic mass is 10.1. The topological polar surface area (TPSA) is 61.8 Å². The van der Waals surface area contributed by atoms with Crippen LogP contribution in [0, 0.1) is 0 Å². The van der Waals surface area contributed by atoms with Gasteiger partial charge < -0.3 is 14.2 Å². The van der Waals surface area contributed by atoms with E-state index < -0.39 is 6.10 Å². The van der Waals surface area contributed by atoms with Crippen LogP contribution in [0.1, 0.15) is 316 Å². The van der Waals surface area contributed by atoms with Gasteiger partial charge in [-0.05, 0) is 116 Å². The Morgan fingerprint density at radius 3 is 0.917 bits per heavy atom. The van der Waals surface area contributed by atoms with Crippen LogP contribution in [0.5, 0.6) is 0 Å². The third kappa shape index (κ3) is 59.9. The van der Waals surface area contributed by atoms with Crippen molar-refractivity contribution >= 4 is 11.9 Å². The van der Waals surface area contributed by atoms with Crippen LogP contribution in [0.4, 0.5) is 0 Å². The summed E-state index contributed by atoms with van der Waals surface area (Å²) in [4.78, 5) is 25.6. The maximum atomic E-state index is 12.9. The monoisotopic (exact) mass is 1000 g/mol. The molecule has 0 rings (SSSR count). The lowest BCUT2D eigenvalue weighted by Crippen LogP contribution is -2.30. The van der Waals surface area contributed by atoms with Crippen LogP contribution in [-0.2, 0) is 23.8 Å². The highest BCUT2D eigenvalue weighted by Crippen LogP contribution is 2.16. The smallest absolute Gasteiger partial charge is 0.306 e. The maximum Gasteiger partial charge on any atom is 0.306 e. The fraction of sp³-hybridized carbons (Fsp3) is 0.791. The van der Waals surface area contributed by atoms with Crippen molar-refractivity contribution in [2.45, 2.75) is 322 Å². The van der Waals surface area contributed by atoms with Crippen LogP contribution in [0.3, 0.4) is 0 Å². The predicted octanol–water partition coefficient (Wildman–Crippen LogP) is 21.8. The number of hydrogen-bond donors (Lipinski definition) is 0. The van der Waals surface area contributed by atoms with E-state index in [-0.39, 0.29) is 25.2 Å². The van der Waals surface area contributed by atoms with E-state index in [4.69, 9.17) is 14.2 Å². The second kappa shape index (κ2) is 62.6. The minimum absolute atomic E-state index is 0.0787. The van der Waals surface area contributed by atoms with Gasteiger partial charge in [0.15, 0.2) is 6.10 Å². The standard InChI is InChI=1S/C67H120O5/c1-4-7-10-13-16-19-22-25-28-31-34-36-39-42-45-48-51-54-57-60-66(68)71-64-65(63-70-62-59-56-53-50-47-44-41-38-33-30-27-24-21-18-15-12-9-6-3)72-67(69)61-58-55-52-49-46-43-40-37-35-32-29-26-23-20-17-14-11-8-5-2/h16-21,25-30,65H,4-15,22-24,31-64H2,1-3H3/b19-16-,20-17-,21-18-,28-25-,29-26-,30-27-. The molecular formula is C67H120O5. The van der Waals surface area contributed by atoms with Gasteiger partial charge in [-0.25, -0.2) is 0 Å². The van der Waals surface area contributed by atoms with E-state index in [2.05, 4.69) is 93.7 Å². The molecule has 0 amide bonds. The van der Waals surface area contributed by atoms with Crippen molar-refractivity contribution in [2.24, 2.45) is 0 Å². The molecule has 0 radical (unpaired) electrons. The summed E-state index contributed by atoms with van der Waals surface area (Å²) in [6, 6.07) is 0. The second-order valence-corrected chi connectivity index (χ2v) is 21.0. The van der Waals surface area contributed by atoms with Gasteiger partial charge in [0, 0.05) is 19.4 Å². The summed E-state index contributed by atoms with van der Waals surface area (Å²) in [6.45, 7) is 7.78. The summed E-state index contributed by atoms with van der Waals surface area (Å²) in [7, 11) is 0. The van der Waals surface area contributed by atoms with E-state index >= 15 is 0 Å². The van der Waals surface area contributed by atoms with Crippen LogP contribution in [0.15, 0.2) is 72.9 Å². The molecule has 72 heavy (non-hydrogen) atoms. The van der Waals surface area contributed by atoms with Crippen molar-refractivity contribution in [3.05, 3.63) is 72.9 Å². The SMILES string of the molecule is CCCCC/C=C\C/C=C\CCCCCCCCCCCC(=O)OCC(COCCCCCCCCCC/C=C\C/C=C\CCCCC)OC(=O)CCCCCCCCCCC/C=C\C/C=C\CCCCC. The normalized spacial score (nSPS) is 12.7. The van der Waals surface area contributed by atoms with Gasteiger partial charge in [0.1, 0.15) is 6.61 Å². The number of allylic oxidation sites excluding steroid dienone is 12. The first-order valence-corrected chi connectivity index (χ1v) is 31.5. The van der Waals surface area contributed by atoms with Crippen molar-refractivity contribution in [3.8, 4) is 0 Å². The fourth-order valence-electron chi connectivity index (χ4n) is 8.96. The second-order valence-electron chi connectivity index (χ2n) is 21.0. The van der Waals surface area contributed by atoms with Gasteiger partial charge in [-0.3, -0.25) is 9.59 Å². The number of carbonyl (C=O) groups excluding carboxylic acids is 2. The van der Waals surface area contributed by atoms with E-state index in [0.29, 0.717) is 19.4 Å². The summed E-state index contributed by atoms with van der Waals surface area (Å²) in [5.74, 6) is -0.398. The molecule has 0 heterocycles. The van der Waals surface area contributed by atoms with E-state index in [1.807, 2.05) is 0 Å². The Balaban J connectivity index is 4.29. The van der Waals surface area contributed by atoms with Crippen LogP contribution in [-0.4, -0.2) is 37.9 Å². The van der Waals surface area contributed by atoms with Crippen molar-refractivity contribution in [1.82, 2.24) is 0 Å². The van der Waals surface area contributed by atoms with Crippen LogP contribution >= 0.6 is 0 Å². The zero-order valence-electron chi connectivity index (χ0n) is 48.2. The van der Waals surface area contributed by atoms with E-state index in [0.717, 1.165) is 64.2 Å². The molecule has 418 valence electrons. The fourth-order valence-corrected chi connectivity index (χ4v) is 8.96. The van der Waals surface area contributed by atoms with E-state index in [1.54, 1.807) is 0 Å². The Kier molecular flexibility index (Phi) is 60.3. The third-order valence-corrected chi connectivity index (χ3v) is 13.7. The van der Waals surface area contributed by atoms with Crippen molar-refractivity contribution in [1.29, 1.82) is 0 Å². The van der Waals surface area contributed by atoms with Crippen LogP contribution in [0.25, 0.3) is 0 Å². The van der Waals surface area contributed by atoms with Gasteiger partial charge in [-0.1, -0.05) is 261 Å². The molecule has 1 unspecified atom stereocenters. The van der Waals surface area contributed by atoms with Crippen molar-refractivity contribution in [2.75, 3.05) is 19.8 Å². The summed E-state index contributed by atoms with van der Waals surface area (Å²) in [6.07, 6.45) is 82.1. The average molecular weight is 1010 g/mol. The number of ether oxygens (including phenoxy) is 3. The van der Waals surface area contributed by atoms with Gasteiger partial charge in [-0.15, -0.1) is 0 Å².